The minimum absolute atomic E-state index is 0.116. The third kappa shape index (κ3) is 4.87. The molecule has 5 nitrogen and oxygen atoms in total. The Balaban J connectivity index is 2.76. The van der Waals surface area contributed by atoms with Crippen LogP contribution in [0.4, 0.5) is 5.82 Å². The monoisotopic (exact) mass is 265 g/mol. The molecule has 0 aromatic carbocycles. The molecule has 1 rings (SSSR count). The number of amides is 1. The number of hydrogen-bond acceptors (Lipinski definition) is 4. The fourth-order valence-electron chi connectivity index (χ4n) is 1.54. The molecule has 0 atom stereocenters. The van der Waals surface area contributed by atoms with E-state index >= 15 is 0 Å². The maximum absolute atomic E-state index is 12.1. The molecule has 1 aromatic heterocycles. The Morgan fingerprint density at radius 2 is 2.11 bits per heavy atom. The highest BCUT2D eigenvalue weighted by Gasteiger charge is 2.18. The number of carbonyl (C=O) groups excluding carboxylic acids is 1. The van der Waals surface area contributed by atoms with Crippen molar-refractivity contribution < 1.29 is 9.53 Å². The molecule has 0 unspecified atom stereocenters. The van der Waals surface area contributed by atoms with Gasteiger partial charge < -0.3 is 15.4 Å². The van der Waals surface area contributed by atoms with E-state index in [0.717, 1.165) is 18.1 Å². The Bertz CT molecular complexity index is 444. The number of pyridine rings is 1. The predicted molar refractivity (Wildman–Crippen MR) is 76.6 cm³/mol. The number of aryl methyl sites for hydroxylation is 1. The Morgan fingerprint density at radius 1 is 1.42 bits per heavy atom. The van der Waals surface area contributed by atoms with Gasteiger partial charge in [0.25, 0.3) is 5.91 Å². The van der Waals surface area contributed by atoms with Gasteiger partial charge in [0.15, 0.2) is 0 Å². The molecule has 0 spiro atoms. The summed E-state index contributed by atoms with van der Waals surface area (Å²) in [4.78, 5) is 16.4. The number of anilines is 1. The summed E-state index contributed by atoms with van der Waals surface area (Å²) in [6.45, 7) is 8.94. The molecule has 2 N–H and O–H groups in total. The van der Waals surface area contributed by atoms with Crippen molar-refractivity contribution in [3.63, 3.8) is 0 Å². The van der Waals surface area contributed by atoms with Crippen LogP contribution in [0.25, 0.3) is 0 Å². The molecule has 0 aliphatic carbocycles. The van der Waals surface area contributed by atoms with Crippen LogP contribution < -0.4 is 10.6 Å². The average Bonchev–Trinajstić information content (AvgIpc) is 2.36. The molecule has 0 radical (unpaired) electrons. The van der Waals surface area contributed by atoms with Gasteiger partial charge in [-0.25, -0.2) is 4.98 Å². The van der Waals surface area contributed by atoms with Gasteiger partial charge in [-0.3, -0.25) is 4.79 Å². The lowest BCUT2D eigenvalue weighted by Gasteiger charge is -2.23. The van der Waals surface area contributed by atoms with Crippen LogP contribution in [-0.4, -0.2) is 36.7 Å². The normalized spacial score (nSPS) is 11.2. The number of ether oxygens (including phenoxy) is 1. The second-order valence-electron chi connectivity index (χ2n) is 5.06. The van der Waals surface area contributed by atoms with Crippen LogP contribution in [0.2, 0.25) is 0 Å². The zero-order valence-electron chi connectivity index (χ0n) is 12.3. The molecule has 0 bridgehead atoms. The molecule has 0 aliphatic heterocycles. The zero-order chi connectivity index (χ0) is 14.5. The van der Waals surface area contributed by atoms with Gasteiger partial charge in [-0.05, 0) is 39.8 Å². The molecule has 19 heavy (non-hydrogen) atoms. The SMILES string of the molecule is CCNc1cc(C(=O)NCC(C)(C)OC)cc(C)n1. The molecule has 0 fully saturated rings. The van der Waals surface area contributed by atoms with Crippen molar-refractivity contribution in [1.82, 2.24) is 10.3 Å². The summed E-state index contributed by atoms with van der Waals surface area (Å²) in [6, 6.07) is 3.53. The van der Waals surface area contributed by atoms with Crippen molar-refractivity contribution in [2.75, 3.05) is 25.5 Å². The molecule has 1 heterocycles. The van der Waals surface area contributed by atoms with Crippen LogP contribution >= 0.6 is 0 Å². The summed E-state index contributed by atoms with van der Waals surface area (Å²) in [5.74, 6) is 0.605. The van der Waals surface area contributed by atoms with Crippen molar-refractivity contribution in [3.05, 3.63) is 23.4 Å². The molecule has 0 saturated carbocycles. The first-order valence-electron chi connectivity index (χ1n) is 6.44. The van der Waals surface area contributed by atoms with Crippen molar-refractivity contribution >= 4 is 11.7 Å². The Labute approximate surface area is 114 Å². The molecular weight excluding hydrogens is 242 g/mol. The van der Waals surface area contributed by atoms with E-state index in [-0.39, 0.29) is 11.5 Å². The van der Waals surface area contributed by atoms with Gasteiger partial charge in [0.2, 0.25) is 0 Å². The van der Waals surface area contributed by atoms with Gasteiger partial charge in [0.1, 0.15) is 5.82 Å². The number of rotatable bonds is 6. The standard InChI is InChI=1S/C14H23N3O2/c1-6-15-12-8-11(7-10(2)17-12)13(18)16-9-14(3,4)19-5/h7-8H,6,9H2,1-5H3,(H,15,17)(H,16,18). The van der Waals surface area contributed by atoms with E-state index in [4.69, 9.17) is 4.74 Å². The molecular formula is C14H23N3O2. The number of hydrogen-bond donors (Lipinski definition) is 2. The van der Waals surface area contributed by atoms with Crippen molar-refractivity contribution in [3.8, 4) is 0 Å². The van der Waals surface area contributed by atoms with E-state index in [9.17, 15) is 4.79 Å². The van der Waals surface area contributed by atoms with Gasteiger partial charge in [0, 0.05) is 31.5 Å². The zero-order valence-corrected chi connectivity index (χ0v) is 12.3. The van der Waals surface area contributed by atoms with Crippen LogP contribution in [0, 0.1) is 6.92 Å². The highest BCUT2D eigenvalue weighted by molar-refractivity contribution is 5.95. The molecule has 0 saturated heterocycles. The molecule has 0 aliphatic rings. The molecule has 1 amide bonds. The lowest BCUT2D eigenvalue weighted by molar-refractivity contribution is 0.0229. The van der Waals surface area contributed by atoms with Crippen molar-refractivity contribution in [1.29, 1.82) is 0 Å². The number of aromatic nitrogens is 1. The van der Waals surface area contributed by atoms with Gasteiger partial charge in [0.05, 0.1) is 5.60 Å². The number of nitrogens with one attached hydrogen (secondary N) is 2. The Morgan fingerprint density at radius 3 is 2.68 bits per heavy atom. The highest BCUT2D eigenvalue weighted by atomic mass is 16.5. The van der Waals surface area contributed by atoms with Crippen LogP contribution in [0.3, 0.4) is 0 Å². The second-order valence-corrected chi connectivity index (χ2v) is 5.06. The Kier molecular flexibility index (Phi) is 5.30. The average molecular weight is 265 g/mol. The predicted octanol–water partition coefficient (Wildman–Crippen LogP) is 1.98. The third-order valence-corrected chi connectivity index (χ3v) is 2.80. The fourth-order valence-corrected chi connectivity index (χ4v) is 1.54. The molecule has 5 heteroatoms. The van der Waals surface area contributed by atoms with Gasteiger partial charge >= 0.3 is 0 Å². The summed E-state index contributed by atoms with van der Waals surface area (Å²) in [7, 11) is 1.63. The minimum atomic E-state index is -0.373. The van der Waals surface area contributed by atoms with Crippen LogP contribution in [-0.2, 0) is 4.74 Å². The fraction of sp³-hybridized carbons (Fsp3) is 0.571. The highest BCUT2D eigenvalue weighted by Crippen LogP contribution is 2.11. The summed E-state index contributed by atoms with van der Waals surface area (Å²) in [5.41, 5.74) is 1.05. The number of methoxy groups -OCH3 is 1. The lowest BCUT2D eigenvalue weighted by atomic mass is 10.1. The van der Waals surface area contributed by atoms with E-state index in [1.807, 2.05) is 27.7 Å². The van der Waals surface area contributed by atoms with Gasteiger partial charge in [-0.15, -0.1) is 0 Å². The summed E-state index contributed by atoms with van der Waals surface area (Å²) >= 11 is 0. The van der Waals surface area contributed by atoms with Crippen molar-refractivity contribution in [2.45, 2.75) is 33.3 Å². The molecule has 1 aromatic rings. The van der Waals surface area contributed by atoms with E-state index < -0.39 is 0 Å². The molecule has 106 valence electrons. The largest absolute Gasteiger partial charge is 0.377 e. The first kappa shape index (κ1) is 15.4. The van der Waals surface area contributed by atoms with Crippen LogP contribution in [0.1, 0.15) is 36.8 Å². The smallest absolute Gasteiger partial charge is 0.251 e. The van der Waals surface area contributed by atoms with E-state index in [0.29, 0.717) is 12.1 Å². The van der Waals surface area contributed by atoms with E-state index in [2.05, 4.69) is 15.6 Å². The number of nitrogens with zero attached hydrogens (tertiary/aromatic N) is 1. The first-order chi connectivity index (χ1) is 8.88. The summed E-state index contributed by atoms with van der Waals surface area (Å²) in [6.07, 6.45) is 0. The van der Waals surface area contributed by atoms with Crippen molar-refractivity contribution in [2.24, 2.45) is 0 Å². The van der Waals surface area contributed by atoms with Gasteiger partial charge in [-0.1, -0.05) is 0 Å². The maximum atomic E-state index is 12.1. The maximum Gasteiger partial charge on any atom is 0.251 e. The van der Waals surface area contributed by atoms with Gasteiger partial charge in [-0.2, -0.15) is 0 Å². The van der Waals surface area contributed by atoms with Crippen LogP contribution in [0.15, 0.2) is 12.1 Å². The summed E-state index contributed by atoms with van der Waals surface area (Å²) in [5, 5.41) is 5.98. The van der Waals surface area contributed by atoms with E-state index in [1.54, 1.807) is 19.2 Å². The summed E-state index contributed by atoms with van der Waals surface area (Å²) < 4.78 is 5.27. The van der Waals surface area contributed by atoms with Crippen LogP contribution in [0.5, 0.6) is 0 Å². The lowest BCUT2D eigenvalue weighted by Crippen LogP contribution is -2.39. The third-order valence-electron chi connectivity index (χ3n) is 2.80. The quantitative estimate of drug-likeness (QED) is 0.825. The minimum Gasteiger partial charge on any atom is -0.377 e. The van der Waals surface area contributed by atoms with E-state index in [1.165, 1.54) is 0 Å². The second kappa shape index (κ2) is 6.52. The topological polar surface area (TPSA) is 63.2 Å². The first-order valence-corrected chi connectivity index (χ1v) is 6.44. The number of carbonyl (C=O) groups is 1. The Hall–Kier alpha value is -1.62.